The monoisotopic (exact) mass is 611 g/mol. The Hall–Kier alpha value is -6.26. The van der Waals surface area contributed by atoms with Gasteiger partial charge in [-0.2, -0.15) is 0 Å². The fraction of sp³-hybridized carbons (Fsp3) is 0. The first kappa shape index (κ1) is 26.9. The summed E-state index contributed by atoms with van der Waals surface area (Å²) in [7, 11) is 0. The molecule has 3 heterocycles. The molecule has 0 aliphatic carbocycles. The lowest BCUT2D eigenvalue weighted by Crippen LogP contribution is -2.54. The molecule has 0 bridgehead atoms. The van der Waals surface area contributed by atoms with Gasteiger partial charge in [-0.25, -0.2) is 0 Å². The molecule has 0 atom stereocenters. The molecule has 2 aliphatic rings. The smallest absolute Gasteiger partial charge is 0.251 e. The largest absolute Gasteiger partial charge is 0.311 e. The van der Waals surface area contributed by atoms with Gasteiger partial charge in [0.05, 0.1) is 5.52 Å². The lowest BCUT2D eigenvalue weighted by Gasteiger charge is -2.36. The highest BCUT2D eigenvalue weighted by Gasteiger charge is 2.45. The fourth-order valence-corrected chi connectivity index (χ4v) is 8.10. The van der Waals surface area contributed by atoms with Crippen molar-refractivity contribution in [2.45, 2.75) is 0 Å². The summed E-state index contributed by atoms with van der Waals surface area (Å²) in [5, 5.41) is 1.31. The number of nitrogens with zero attached hydrogens (tertiary/aromatic N) is 3. The highest BCUT2D eigenvalue weighted by Crippen LogP contribution is 2.44. The first-order chi connectivity index (χ1) is 23.9. The van der Waals surface area contributed by atoms with Crippen molar-refractivity contribution in [2.24, 2.45) is 0 Å². The van der Waals surface area contributed by atoms with E-state index in [0.29, 0.717) is 0 Å². The highest BCUT2D eigenvalue weighted by atomic mass is 15.2. The number of fused-ring (bicyclic) bond motifs is 7. The zero-order valence-corrected chi connectivity index (χ0v) is 26.2. The first-order valence-corrected chi connectivity index (χ1v) is 16.6. The van der Waals surface area contributed by atoms with E-state index in [1.165, 1.54) is 55.6 Å². The molecule has 2 aliphatic heterocycles. The van der Waals surface area contributed by atoms with Crippen LogP contribution in [0.3, 0.4) is 0 Å². The maximum Gasteiger partial charge on any atom is 0.251 e. The Balaban J connectivity index is 1.21. The van der Waals surface area contributed by atoms with Crippen LogP contribution in [0.1, 0.15) is 0 Å². The van der Waals surface area contributed by atoms with Crippen molar-refractivity contribution < 1.29 is 0 Å². The van der Waals surface area contributed by atoms with E-state index in [-0.39, 0.29) is 6.71 Å². The van der Waals surface area contributed by atoms with E-state index in [1.54, 1.807) is 0 Å². The molecule has 8 aromatic rings. The second-order valence-electron chi connectivity index (χ2n) is 12.5. The van der Waals surface area contributed by atoms with Crippen molar-refractivity contribution >= 4 is 68.1 Å². The van der Waals surface area contributed by atoms with Crippen LogP contribution >= 0.6 is 0 Å². The van der Waals surface area contributed by atoms with Crippen molar-refractivity contribution in [3.8, 4) is 16.9 Å². The van der Waals surface area contributed by atoms with Gasteiger partial charge in [0.1, 0.15) is 0 Å². The summed E-state index contributed by atoms with van der Waals surface area (Å²) in [6, 6.07) is 65.8. The second-order valence-corrected chi connectivity index (χ2v) is 12.5. The van der Waals surface area contributed by atoms with Gasteiger partial charge in [-0.15, -0.1) is 0 Å². The standard InChI is InChI=1S/C44H30BN3/c1-4-16-31(17-5-1)46(32-18-6-2-7-19-32)34-22-14-23-35(30-34)47-40-28-13-11-26-38(40)45-42-37(25-15-29-41(42)47)44-43(45)36-24-10-12-27-39(36)48(44)33-20-8-3-9-21-33/h1-30H. The summed E-state index contributed by atoms with van der Waals surface area (Å²) in [6.07, 6.45) is 0. The number of para-hydroxylation sites is 5. The fourth-order valence-electron chi connectivity index (χ4n) is 8.10. The predicted molar refractivity (Wildman–Crippen MR) is 203 cm³/mol. The number of hydrogen-bond acceptors (Lipinski definition) is 2. The molecule has 0 fully saturated rings. The summed E-state index contributed by atoms with van der Waals surface area (Å²) in [4.78, 5) is 4.81. The van der Waals surface area contributed by atoms with Gasteiger partial charge in [0.25, 0.3) is 6.71 Å². The van der Waals surface area contributed by atoms with E-state index >= 15 is 0 Å². The Kier molecular flexibility index (Phi) is 5.97. The van der Waals surface area contributed by atoms with Crippen LogP contribution in [-0.4, -0.2) is 11.3 Å². The summed E-state index contributed by atoms with van der Waals surface area (Å²) >= 11 is 0. The molecular weight excluding hydrogens is 581 g/mol. The molecule has 0 saturated heterocycles. The average molecular weight is 612 g/mol. The van der Waals surface area contributed by atoms with Gasteiger partial charge >= 0.3 is 0 Å². The third-order valence-electron chi connectivity index (χ3n) is 9.95. The molecule has 0 unspecified atom stereocenters. The third kappa shape index (κ3) is 3.90. The van der Waals surface area contributed by atoms with E-state index in [1.807, 2.05) is 0 Å². The lowest BCUT2D eigenvalue weighted by atomic mass is 9.37. The normalized spacial score (nSPS) is 12.5. The average Bonchev–Trinajstić information content (AvgIpc) is 3.67. The maximum absolute atomic E-state index is 2.48. The summed E-state index contributed by atoms with van der Waals surface area (Å²) in [6.45, 7) is 0.141. The molecule has 48 heavy (non-hydrogen) atoms. The van der Waals surface area contributed by atoms with Gasteiger partial charge in [-0.1, -0.05) is 109 Å². The van der Waals surface area contributed by atoms with Crippen LogP contribution in [0.5, 0.6) is 0 Å². The van der Waals surface area contributed by atoms with Crippen molar-refractivity contribution in [2.75, 3.05) is 9.80 Å². The van der Waals surface area contributed by atoms with E-state index in [2.05, 4.69) is 196 Å². The van der Waals surface area contributed by atoms with E-state index < -0.39 is 0 Å². The molecular formula is C44H30BN3. The number of aromatic nitrogens is 1. The zero-order valence-electron chi connectivity index (χ0n) is 26.2. The van der Waals surface area contributed by atoms with Gasteiger partial charge in [0, 0.05) is 45.5 Å². The van der Waals surface area contributed by atoms with Crippen LogP contribution in [0.25, 0.3) is 27.8 Å². The Morgan fingerprint density at radius 1 is 0.438 bits per heavy atom. The van der Waals surface area contributed by atoms with E-state index in [9.17, 15) is 0 Å². The van der Waals surface area contributed by atoms with E-state index in [0.717, 1.165) is 22.7 Å². The van der Waals surface area contributed by atoms with E-state index in [4.69, 9.17) is 0 Å². The van der Waals surface area contributed by atoms with Gasteiger partial charge in [-0.05, 0) is 100 Å². The highest BCUT2D eigenvalue weighted by molar-refractivity contribution is 7.02. The van der Waals surface area contributed by atoms with Crippen LogP contribution in [0.15, 0.2) is 182 Å². The Labute approximate surface area is 280 Å². The molecule has 0 spiro atoms. The minimum absolute atomic E-state index is 0.141. The van der Waals surface area contributed by atoms with Gasteiger partial charge in [-0.3, -0.25) is 0 Å². The molecule has 0 radical (unpaired) electrons. The molecule has 224 valence electrons. The number of hydrogen-bond donors (Lipinski definition) is 0. The molecule has 4 heteroatoms. The third-order valence-corrected chi connectivity index (χ3v) is 9.95. The number of rotatable bonds is 5. The Morgan fingerprint density at radius 2 is 1.02 bits per heavy atom. The summed E-state index contributed by atoms with van der Waals surface area (Å²) in [5.41, 5.74) is 16.1. The zero-order chi connectivity index (χ0) is 31.6. The Bertz CT molecular complexity index is 2430. The van der Waals surface area contributed by atoms with Crippen LogP contribution in [0.4, 0.5) is 34.1 Å². The minimum Gasteiger partial charge on any atom is -0.311 e. The lowest BCUT2D eigenvalue weighted by molar-refractivity contribution is 1.14. The Morgan fingerprint density at radius 3 is 1.79 bits per heavy atom. The molecule has 1 aromatic heterocycles. The SMILES string of the molecule is c1ccc(N(c2ccccc2)c2cccc(N3c4ccccc4B4c5c(cccc53)-c3c4c4ccccc4n3-c3ccccc3)c2)cc1. The molecule has 0 N–H and O–H groups in total. The topological polar surface area (TPSA) is 11.4 Å². The van der Waals surface area contributed by atoms with Crippen LogP contribution in [0.2, 0.25) is 0 Å². The first-order valence-electron chi connectivity index (χ1n) is 16.6. The predicted octanol–water partition coefficient (Wildman–Crippen LogP) is 9.38. The number of anilines is 6. The molecule has 3 nitrogen and oxygen atoms in total. The van der Waals surface area contributed by atoms with Crippen molar-refractivity contribution in [3.63, 3.8) is 0 Å². The van der Waals surface area contributed by atoms with Gasteiger partial charge in [0.2, 0.25) is 0 Å². The molecule has 0 amide bonds. The summed E-state index contributed by atoms with van der Waals surface area (Å²) < 4.78 is 2.48. The molecule has 7 aromatic carbocycles. The summed E-state index contributed by atoms with van der Waals surface area (Å²) in [5.74, 6) is 0. The van der Waals surface area contributed by atoms with Crippen LogP contribution in [0, 0.1) is 0 Å². The van der Waals surface area contributed by atoms with Crippen LogP contribution < -0.4 is 26.2 Å². The molecule has 0 saturated carbocycles. The van der Waals surface area contributed by atoms with Crippen molar-refractivity contribution in [1.29, 1.82) is 0 Å². The van der Waals surface area contributed by atoms with Crippen molar-refractivity contribution in [3.05, 3.63) is 182 Å². The second kappa shape index (κ2) is 10.6. The quantitative estimate of drug-likeness (QED) is 0.180. The van der Waals surface area contributed by atoms with Crippen LogP contribution in [-0.2, 0) is 0 Å². The minimum atomic E-state index is 0.141. The van der Waals surface area contributed by atoms with Gasteiger partial charge < -0.3 is 14.4 Å². The molecule has 10 rings (SSSR count). The number of benzene rings is 7. The van der Waals surface area contributed by atoms with Gasteiger partial charge in [0.15, 0.2) is 0 Å². The van der Waals surface area contributed by atoms with Crippen molar-refractivity contribution in [1.82, 2.24) is 4.57 Å². The maximum atomic E-state index is 2.48.